The van der Waals surface area contributed by atoms with E-state index < -0.39 is 0 Å². The number of hydrogen-bond donors (Lipinski definition) is 1. The molecule has 0 aromatic carbocycles. The van der Waals surface area contributed by atoms with Gasteiger partial charge in [-0.05, 0) is 19.3 Å². The first-order chi connectivity index (χ1) is 10.2. The third-order valence-corrected chi connectivity index (χ3v) is 3.77. The predicted octanol–water partition coefficient (Wildman–Crippen LogP) is 1.59. The van der Waals surface area contributed by atoms with E-state index in [2.05, 4.69) is 20.4 Å². The summed E-state index contributed by atoms with van der Waals surface area (Å²) >= 11 is 5.94. The zero-order valence-corrected chi connectivity index (χ0v) is 12.4. The Balaban J connectivity index is 1.59. The van der Waals surface area contributed by atoms with E-state index in [1.165, 1.54) is 12.7 Å². The number of carbonyl (C=O) groups is 1. The van der Waals surface area contributed by atoms with Gasteiger partial charge in [-0.1, -0.05) is 11.6 Å². The summed E-state index contributed by atoms with van der Waals surface area (Å²) in [6, 6.07) is 1.68. The van der Waals surface area contributed by atoms with Gasteiger partial charge in [0.15, 0.2) is 0 Å². The normalized spacial score (nSPS) is 15.4. The molecule has 1 fully saturated rings. The lowest BCUT2D eigenvalue weighted by Gasteiger charge is -2.26. The highest BCUT2D eigenvalue weighted by atomic mass is 35.5. The van der Waals surface area contributed by atoms with Crippen molar-refractivity contribution in [2.75, 3.05) is 25.0 Å². The molecule has 2 aromatic rings. The number of halogens is 1. The van der Waals surface area contributed by atoms with Crippen molar-refractivity contribution in [2.45, 2.75) is 25.7 Å². The fraction of sp³-hybridized carbons (Fsp3) is 0.538. The Morgan fingerprint density at radius 2 is 2.14 bits per heavy atom. The molecule has 7 nitrogen and oxygen atoms in total. The van der Waals surface area contributed by atoms with E-state index in [4.69, 9.17) is 11.6 Å². The number of aromatic nitrogens is 4. The Morgan fingerprint density at radius 3 is 2.95 bits per heavy atom. The molecule has 1 saturated heterocycles. The van der Waals surface area contributed by atoms with Crippen LogP contribution < -0.4 is 5.32 Å². The Morgan fingerprint density at radius 1 is 1.33 bits per heavy atom. The molecule has 0 aliphatic carbocycles. The minimum Gasteiger partial charge on any atom is -0.369 e. The highest BCUT2D eigenvalue weighted by Crippen LogP contribution is 2.15. The second kappa shape index (κ2) is 6.26. The highest BCUT2D eigenvalue weighted by Gasteiger charge is 2.16. The summed E-state index contributed by atoms with van der Waals surface area (Å²) in [5.74, 6) is 1.32. The Hall–Kier alpha value is -1.89. The average Bonchev–Trinajstić information content (AvgIpc) is 2.96. The quantitative estimate of drug-likeness (QED) is 0.868. The number of nitrogens with one attached hydrogen (secondary N) is 1. The standard InChI is InChI=1S/C13H17ClN6O/c14-10-8-11(20-13(18-10)16-9-17-20)15-5-4-12(21)19-6-2-1-3-7-19/h8-9,15H,1-7H2. The van der Waals surface area contributed by atoms with Gasteiger partial charge in [-0.15, -0.1) is 0 Å². The molecule has 1 aliphatic heterocycles. The van der Waals surface area contributed by atoms with Gasteiger partial charge < -0.3 is 10.2 Å². The number of piperidine rings is 1. The van der Waals surface area contributed by atoms with Gasteiger partial charge in [0.25, 0.3) is 5.78 Å². The van der Waals surface area contributed by atoms with E-state index in [9.17, 15) is 4.79 Å². The number of amides is 1. The van der Waals surface area contributed by atoms with Gasteiger partial charge in [0, 0.05) is 32.1 Å². The largest absolute Gasteiger partial charge is 0.369 e. The topological polar surface area (TPSA) is 75.4 Å². The number of carbonyl (C=O) groups excluding carboxylic acids is 1. The monoisotopic (exact) mass is 308 g/mol. The van der Waals surface area contributed by atoms with Gasteiger partial charge in [-0.25, -0.2) is 0 Å². The molecule has 1 N–H and O–H groups in total. The van der Waals surface area contributed by atoms with Crippen LogP contribution in [-0.4, -0.2) is 50.0 Å². The fourth-order valence-electron chi connectivity index (χ4n) is 2.51. The molecule has 112 valence electrons. The van der Waals surface area contributed by atoms with Gasteiger partial charge >= 0.3 is 0 Å². The zero-order chi connectivity index (χ0) is 14.7. The molecule has 0 saturated carbocycles. The third kappa shape index (κ3) is 3.24. The maximum atomic E-state index is 12.1. The average molecular weight is 309 g/mol. The van der Waals surface area contributed by atoms with Crippen LogP contribution in [0.4, 0.5) is 5.82 Å². The molecule has 3 heterocycles. The zero-order valence-electron chi connectivity index (χ0n) is 11.6. The Bertz CT molecular complexity index is 637. The smallest absolute Gasteiger partial charge is 0.255 e. The van der Waals surface area contributed by atoms with Crippen molar-refractivity contribution in [1.29, 1.82) is 0 Å². The summed E-state index contributed by atoms with van der Waals surface area (Å²) in [5, 5.41) is 7.59. The summed E-state index contributed by atoms with van der Waals surface area (Å²) in [6.45, 7) is 2.30. The molecule has 8 heteroatoms. The molecular formula is C13H17ClN6O. The van der Waals surface area contributed by atoms with Gasteiger partial charge in [0.1, 0.15) is 17.3 Å². The summed E-state index contributed by atoms with van der Waals surface area (Å²) in [5.41, 5.74) is 0. The molecule has 0 unspecified atom stereocenters. The fourth-order valence-corrected chi connectivity index (χ4v) is 2.69. The van der Waals surface area contributed by atoms with E-state index in [1.54, 1.807) is 10.6 Å². The molecule has 3 rings (SSSR count). The Labute approximate surface area is 127 Å². The van der Waals surface area contributed by atoms with Crippen molar-refractivity contribution in [3.05, 3.63) is 17.5 Å². The molecule has 0 spiro atoms. The molecule has 2 aromatic heterocycles. The molecule has 0 atom stereocenters. The van der Waals surface area contributed by atoms with Crippen molar-refractivity contribution in [1.82, 2.24) is 24.5 Å². The maximum Gasteiger partial charge on any atom is 0.255 e. The van der Waals surface area contributed by atoms with Gasteiger partial charge in [0.2, 0.25) is 5.91 Å². The first-order valence-electron chi connectivity index (χ1n) is 7.12. The van der Waals surface area contributed by atoms with Crippen molar-refractivity contribution < 1.29 is 4.79 Å². The van der Waals surface area contributed by atoms with Crippen LogP contribution in [0, 0.1) is 0 Å². The minimum absolute atomic E-state index is 0.192. The number of fused-ring (bicyclic) bond motifs is 1. The number of anilines is 1. The Kier molecular flexibility index (Phi) is 4.19. The summed E-state index contributed by atoms with van der Waals surface area (Å²) in [6.07, 6.45) is 5.32. The number of nitrogens with zero attached hydrogens (tertiary/aromatic N) is 5. The lowest BCUT2D eigenvalue weighted by atomic mass is 10.1. The van der Waals surface area contributed by atoms with E-state index in [0.717, 1.165) is 25.9 Å². The van der Waals surface area contributed by atoms with Gasteiger partial charge in [-0.3, -0.25) is 4.79 Å². The van der Waals surface area contributed by atoms with E-state index in [0.29, 0.717) is 29.7 Å². The molecular weight excluding hydrogens is 292 g/mol. The van der Waals surface area contributed by atoms with Crippen LogP contribution in [0.5, 0.6) is 0 Å². The lowest BCUT2D eigenvalue weighted by Crippen LogP contribution is -2.36. The summed E-state index contributed by atoms with van der Waals surface area (Å²) in [7, 11) is 0. The van der Waals surface area contributed by atoms with Crippen LogP contribution in [0.25, 0.3) is 5.78 Å². The number of hydrogen-bond acceptors (Lipinski definition) is 5. The van der Waals surface area contributed by atoms with Crippen molar-refractivity contribution in [3.63, 3.8) is 0 Å². The van der Waals surface area contributed by atoms with Crippen molar-refractivity contribution in [2.24, 2.45) is 0 Å². The SMILES string of the molecule is O=C(CCNc1cc(Cl)nc2ncnn12)N1CCCCC1. The number of rotatable bonds is 4. The molecule has 0 radical (unpaired) electrons. The van der Waals surface area contributed by atoms with Gasteiger partial charge in [0.05, 0.1) is 0 Å². The lowest BCUT2D eigenvalue weighted by molar-refractivity contribution is -0.131. The van der Waals surface area contributed by atoms with E-state index in [1.807, 2.05) is 4.90 Å². The van der Waals surface area contributed by atoms with Crippen LogP contribution >= 0.6 is 11.6 Å². The maximum absolute atomic E-state index is 12.1. The molecule has 0 bridgehead atoms. The van der Waals surface area contributed by atoms with E-state index in [-0.39, 0.29) is 5.91 Å². The summed E-state index contributed by atoms with van der Waals surface area (Å²) < 4.78 is 1.57. The van der Waals surface area contributed by atoms with Crippen LogP contribution in [-0.2, 0) is 4.79 Å². The summed E-state index contributed by atoms with van der Waals surface area (Å²) in [4.78, 5) is 22.1. The van der Waals surface area contributed by atoms with Gasteiger partial charge in [-0.2, -0.15) is 19.6 Å². The van der Waals surface area contributed by atoms with Crippen molar-refractivity contribution >= 4 is 29.1 Å². The van der Waals surface area contributed by atoms with Crippen LogP contribution in [0.3, 0.4) is 0 Å². The second-order valence-electron chi connectivity index (χ2n) is 5.05. The van der Waals surface area contributed by atoms with Crippen LogP contribution in [0.1, 0.15) is 25.7 Å². The predicted molar refractivity (Wildman–Crippen MR) is 79.3 cm³/mol. The van der Waals surface area contributed by atoms with E-state index >= 15 is 0 Å². The van der Waals surface area contributed by atoms with Crippen LogP contribution in [0.2, 0.25) is 5.15 Å². The molecule has 1 aliphatic rings. The highest BCUT2D eigenvalue weighted by molar-refractivity contribution is 6.29. The van der Waals surface area contributed by atoms with Crippen LogP contribution in [0.15, 0.2) is 12.4 Å². The van der Waals surface area contributed by atoms with Crippen molar-refractivity contribution in [3.8, 4) is 0 Å². The second-order valence-corrected chi connectivity index (χ2v) is 5.44. The first-order valence-corrected chi connectivity index (χ1v) is 7.50. The molecule has 21 heavy (non-hydrogen) atoms. The first kappa shape index (κ1) is 14.1. The number of likely N-dealkylation sites (tertiary alicyclic amines) is 1. The molecule has 1 amide bonds. The minimum atomic E-state index is 0.192. The third-order valence-electron chi connectivity index (χ3n) is 3.57.